The van der Waals surface area contributed by atoms with Crippen molar-refractivity contribution in [3.05, 3.63) is 29.6 Å². The molecular formula is C21H33N5O. The Bertz CT molecular complexity index is 810. The Balaban J connectivity index is 1.94. The molecule has 4 N–H and O–H groups in total. The topological polar surface area (TPSA) is 84.5 Å². The number of carbonyl (C=O) groups excluding carboxylic acids is 1. The highest BCUT2D eigenvalue weighted by Crippen LogP contribution is 2.29. The van der Waals surface area contributed by atoms with Crippen LogP contribution < -0.4 is 16.4 Å². The first-order valence-electron chi connectivity index (χ1n) is 10.0. The molecule has 1 fully saturated rings. The van der Waals surface area contributed by atoms with Crippen LogP contribution in [0.2, 0.25) is 0 Å². The highest BCUT2D eigenvalue weighted by atomic mass is 16.1. The molecule has 0 saturated heterocycles. The summed E-state index contributed by atoms with van der Waals surface area (Å²) in [5.41, 5.74) is 8.19. The maximum Gasteiger partial charge on any atom is 0.255 e. The number of anilines is 1. The van der Waals surface area contributed by atoms with Gasteiger partial charge in [0.1, 0.15) is 5.82 Å². The highest BCUT2D eigenvalue weighted by molar-refractivity contribution is 6.00. The Hall–Kier alpha value is -2.08. The van der Waals surface area contributed by atoms with Crippen molar-refractivity contribution in [3.8, 4) is 0 Å². The van der Waals surface area contributed by atoms with E-state index < -0.39 is 0 Å². The first-order valence-corrected chi connectivity index (χ1v) is 10.0. The lowest BCUT2D eigenvalue weighted by Gasteiger charge is -2.26. The number of rotatable bonds is 4. The molecule has 0 radical (unpaired) electrons. The molecule has 2 heterocycles. The number of carbonyl (C=O) groups is 1. The smallest absolute Gasteiger partial charge is 0.255 e. The standard InChI is InChI=1S/C21H33N5O/c1-13(2)17-19(25-21(3,4)5)26-12-6-7-16(18(26)24-17)20(27)23-15-10-8-14(22)9-11-15/h6-7,12-15,25H,8-11,22H2,1-5H3,(H,23,27). The van der Waals surface area contributed by atoms with E-state index >= 15 is 0 Å². The van der Waals surface area contributed by atoms with Crippen LogP contribution in [0.25, 0.3) is 5.65 Å². The monoisotopic (exact) mass is 371 g/mol. The van der Waals surface area contributed by atoms with Gasteiger partial charge in [-0.25, -0.2) is 4.98 Å². The van der Waals surface area contributed by atoms with Gasteiger partial charge in [-0.1, -0.05) is 13.8 Å². The predicted molar refractivity (Wildman–Crippen MR) is 110 cm³/mol. The maximum atomic E-state index is 13.0. The van der Waals surface area contributed by atoms with E-state index in [4.69, 9.17) is 10.7 Å². The van der Waals surface area contributed by atoms with E-state index in [9.17, 15) is 4.79 Å². The molecule has 2 aromatic heterocycles. The van der Waals surface area contributed by atoms with Gasteiger partial charge in [0.05, 0.1) is 11.3 Å². The normalized spacial score (nSPS) is 20.9. The fourth-order valence-electron chi connectivity index (χ4n) is 3.67. The number of hydrogen-bond donors (Lipinski definition) is 3. The van der Waals surface area contributed by atoms with Gasteiger partial charge >= 0.3 is 0 Å². The summed E-state index contributed by atoms with van der Waals surface area (Å²) < 4.78 is 2.01. The lowest BCUT2D eigenvalue weighted by Crippen LogP contribution is -2.40. The molecule has 1 amide bonds. The molecule has 0 aromatic carbocycles. The minimum Gasteiger partial charge on any atom is -0.365 e. The third-order valence-electron chi connectivity index (χ3n) is 5.07. The second kappa shape index (κ2) is 7.50. The molecule has 3 rings (SSSR count). The molecule has 6 nitrogen and oxygen atoms in total. The van der Waals surface area contributed by atoms with Crippen molar-refractivity contribution in [2.75, 3.05) is 5.32 Å². The van der Waals surface area contributed by atoms with Gasteiger partial charge in [0, 0.05) is 23.8 Å². The summed E-state index contributed by atoms with van der Waals surface area (Å²) in [7, 11) is 0. The van der Waals surface area contributed by atoms with E-state index in [2.05, 4.69) is 45.3 Å². The van der Waals surface area contributed by atoms with Gasteiger partial charge in [-0.05, 0) is 64.5 Å². The van der Waals surface area contributed by atoms with E-state index in [1.807, 2.05) is 22.7 Å². The average molecular weight is 372 g/mol. The Morgan fingerprint density at radius 3 is 2.52 bits per heavy atom. The van der Waals surface area contributed by atoms with Crippen LogP contribution in [0.4, 0.5) is 5.82 Å². The van der Waals surface area contributed by atoms with E-state index in [0.717, 1.165) is 37.2 Å². The summed E-state index contributed by atoms with van der Waals surface area (Å²) >= 11 is 0. The van der Waals surface area contributed by atoms with Gasteiger partial charge < -0.3 is 16.4 Å². The van der Waals surface area contributed by atoms with Crippen molar-refractivity contribution in [1.82, 2.24) is 14.7 Å². The van der Waals surface area contributed by atoms with E-state index in [-0.39, 0.29) is 29.4 Å². The fraction of sp³-hybridized carbons (Fsp3) is 0.619. The summed E-state index contributed by atoms with van der Waals surface area (Å²) in [6.07, 6.45) is 5.79. The molecule has 0 atom stereocenters. The molecule has 1 aliphatic carbocycles. The van der Waals surface area contributed by atoms with Gasteiger partial charge in [0.15, 0.2) is 5.65 Å². The van der Waals surface area contributed by atoms with Crippen LogP contribution >= 0.6 is 0 Å². The molecule has 0 spiro atoms. The largest absolute Gasteiger partial charge is 0.365 e. The first kappa shape index (κ1) is 19.7. The van der Waals surface area contributed by atoms with Gasteiger partial charge in [-0.2, -0.15) is 0 Å². The number of amides is 1. The number of pyridine rings is 1. The van der Waals surface area contributed by atoms with Crippen LogP contribution in [-0.4, -0.2) is 32.9 Å². The molecule has 0 unspecified atom stereocenters. The molecule has 0 bridgehead atoms. The summed E-state index contributed by atoms with van der Waals surface area (Å²) in [4.78, 5) is 17.8. The number of nitrogens with two attached hydrogens (primary N) is 1. The lowest BCUT2D eigenvalue weighted by molar-refractivity contribution is 0.0927. The number of nitrogens with zero attached hydrogens (tertiary/aromatic N) is 2. The van der Waals surface area contributed by atoms with Crippen molar-refractivity contribution < 1.29 is 4.79 Å². The minimum absolute atomic E-state index is 0.0521. The fourth-order valence-corrected chi connectivity index (χ4v) is 3.67. The van der Waals surface area contributed by atoms with Crippen molar-refractivity contribution in [2.45, 2.75) is 83.8 Å². The Labute approximate surface area is 161 Å². The zero-order valence-corrected chi connectivity index (χ0v) is 17.2. The molecule has 148 valence electrons. The van der Waals surface area contributed by atoms with E-state index in [1.165, 1.54) is 0 Å². The van der Waals surface area contributed by atoms with Gasteiger partial charge in [0.25, 0.3) is 5.91 Å². The zero-order valence-electron chi connectivity index (χ0n) is 17.2. The van der Waals surface area contributed by atoms with Crippen LogP contribution in [0, 0.1) is 0 Å². The molecule has 0 aliphatic heterocycles. The Morgan fingerprint density at radius 1 is 1.26 bits per heavy atom. The Morgan fingerprint density at radius 2 is 1.93 bits per heavy atom. The lowest BCUT2D eigenvalue weighted by atomic mass is 9.91. The molecule has 1 saturated carbocycles. The quantitative estimate of drug-likeness (QED) is 0.766. The van der Waals surface area contributed by atoms with Crippen LogP contribution in [0.1, 0.15) is 82.3 Å². The maximum absolute atomic E-state index is 13.0. The van der Waals surface area contributed by atoms with Crippen molar-refractivity contribution >= 4 is 17.4 Å². The summed E-state index contributed by atoms with van der Waals surface area (Å²) in [6.45, 7) is 10.6. The molecule has 6 heteroatoms. The number of fused-ring (bicyclic) bond motifs is 1. The van der Waals surface area contributed by atoms with Crippen molar-refractivity contribution in [1.29, 1.82) is 0 Å². The predicted octanol–water partition coefficient (Wildman–Crippen LogP) is 3.67. The third-order valence-corrected chi connectivity index (χ3v) is 5.07. The van der Waals surface area contributed by atoms with E-state index in [1.54, 1.807) is 0 Å². The molecular weight excluding hydrogens is 338 g/mol. The van der Waals surface area contributed by atoms with Crippen LogP contribution in [0.5, 0.6) is 0 Å². The summed E-state index contributed by atoms with van der Waals surface area (Å²) in [6, 6.07) is 4.24. The zero-order chi connectivity index (χ0) is 19.8. The molecule has 1 aliphatic rings. The number of imidazole rings is 1. The van der Waals surface area contributed by atoms with Gasteiger partial charge in [0.2, 0.25) is 0 Å². The number of hydrogen-bond acceptors (Lipinski definition) is 4. The highest BCUT2D eigenvalue weighted by Gasteiger charge is 2.25. The molecule has 27 heavy (non-hydrogen) atoms. The summed E-state index contributed by atoms with van der Waals surface area (Å²) in [5, 5.41) is 6.75. The Kier molecular flexibility index (Phi) is 5.47. The third kappa shape index (κ3) is 4.43. The van der Waals surface area contributed by atoms with Gasteiger partial charge in [-0.15, -0.1) is 0 Å². The second-order valence-corrected chi connectivity index (χ2v) is 9.08. The second-order valence-electron chi connectivity index (χ2n) is 9.08. The van der Waals surface area contributed by atoms with Crippen molar-refractivity contribution in [3.63, 3.8) is 0 Å². The minimum atomic E-state index is -0.0985. The number of aromatic nitrogens is 2. The van der Waals surface area contributed by atoms with Crippen LogP contribution in [0.15, 0.2) is 18.3 Å². The first-order chi connectivity index (χ1) is 12.7. The van der Waals surface area contributed by atoms with E-state index in [0.29, 0.717) is 11.2 Å². The summed E-state index contributed by atoms with van der Waals surface area (Å²) in [5.74, 6) is 1.17. The molecule has 2 aromatic rings. The SMILES string of the molecule is CC(C)c1nc2c(C(=O)NC3CCC(N)CC3)cccn2c1NC(C)(C)C. The van der Waals surface area contributed by atoms with Gasteiger partial charge in [-0.3, -0.25) is 9.20 Å². The van der Waals surface area contributed by atoms with Crippen LogP contribution in [-0.2, 0) is 0 Å². The van der Waals surface area contributed by atoms with Crippen molar-refractivity contribution in [2.24, 2.45) is 5.73 Å². The van der Waals surface area contributed by atoms with Crippen LogP contribution in [0.3, 0.4) is 0 Å². The average Bonchev–Trinajstić information content (AvgIpc) is 2.94. The number of nitrogens with one attached hydrogen (secondary N) is 2.